The normalized spacial score (nSPS) is 20.8. The Labute approximate surface area is 81.9 Å². The molecule has 1 aliphatic heterocycles. The lowest BCUT2D eigenvalue weighted by molar-refractivity contribution is -0.128. The number of carbonyl (C=O) groups excluding carboxylic acids is 1. The Bertz CT molecular complexity index is 334. The summed E-state index contributed by atoms with van der Waals surface area (Å²) in [4.78, 5) is 10.7. The Morgan fingerprint density at radius 1 is 1.46 bits per heavy atom. The van der Waals surface area contributed by atoms with Crippen LogP contribution in [0.25, 0.3) is 0 Å². The van der Waals surface area contributed by atoms with E-state index < -0.39 is 0 Å². The molecule has 1 unspecified atom stereocenters. The van der Waals surface area contributed by atoms with Gasteiger partial charge < -0.3 is 5.32 Å². The molecule has 0 spiro atoms. The molecule has 1 saturated heterocycles. The molecule has 3 heteroatoms. The van der Waals surface area contributed by atoms with Crippen molar-refractivity contribution in [2.45, 2.75) is 19.4 Å². The van der Waals surface area contributed by atoms with Gasteiger partial charge >= 0.3 is 0 Å². The van der Waals surface area contributed by atoms with Gasteiger partial charge in [-0.05, 0) is 30.2 Å². The Morgan fingerprint density at radius 3 is 2.69 bits per heavy atom. The average Bonchev–Trinajstić information content (AvgIpc) is 1.96. The largest absolute Gasteiger partial charge is 0.349 e. The first-order valence-electron chi connectivity index (χ1n) is 4.21. The van der Waals surface area contributed by atoms with Gasteiger partial charge in [-0.2, -0.15) is 0 Å². The minimum atomic E-state index is 0.114. The van der Waals surface area contributed by atoms with E-state index in [9.17, 15) is 4.79 Å². The predicted octanol–water partition coefficient (Wildman–Crippen LogP) is 2.21. The van der Waals surface area contributed by atoms with Crippen LogP contribution < -0.4 is 5.32 Å². The zero-order valence-corrected chi connectivity index (χ0v) is 8.06. The lowest BCUT2D eigenvalue weighted by Gasteiger charge is -2.27. The maximum atomic E-state index is 10.7. The Balaban J connectivity index is 2.25. The van der Waals surface area contributed by atoms with Gasteiger partial charge in [-0.15, -0.1) is 0 Å². The molecule has 0 aromatic heterocycles. The van der Waals surface area contributed by atoms with Crippen LogP contribution in [0.15, 0.2) is 18.2 Å². The lowest BCUT2D eigenvalue weighted by atomic mass is 9.96. The molecule has 1 aromatic rings. The molecule has 1 heterocycles. The van der Waals surface area contributed by atoms with E-state index >= 15 is 0 Å². The van der Waals surface area contributed by atoms with Crippen molar-refractivity contribution < 1.29 is 4.79 Å². The van der Waals surface area contributed by atoms with Crippen LogP contribution in [0.4, 0.5) is 0 Å². The van der Waals surface area contributed by atoms with Crippen LogP contribution in [-0.2, 0) is 4.79 Å². The van der Waals surface area contributed by atoms with Gasteiger partial charge in [0, 0.05) is 5.02 Å². The summed E-state index contributed by atoms with van der Waals surface area (Å²) in [6.07, 6.45) is 0.583. The Kier molecular flexibility index (Phi) is 2.00. The molecule has 0 saturated carbocycles. The van der Waals surface area contributed by atoms with Crippen molar-refractivity contribution in [2.24, 2.45) is 0 Å². The summed E-state index contributed by atoms with van der Waals surface area (Å²) in [5.74, 6) is 0.114. The Hall–Kier alpha value is -1.02. The molecule has 1 N–H and O–H groups in total. The van der Waals surface area contributed by atoms with Crippen LogP contribution in [0.5, 0.6) is 0 Å². The van der Waals surface area contributed by atoms with Crippen LogP contribution >= 0.6 is 11.6 Å². The Morgan fingerprint density at radius 2 is 2.15 bits per heavy atom. The zero-order valence-electron chi connectivity index (χ0n) is 7.30. The van der Waals surface area contributed by atoms with Crippen molar-refractivity contribution in [3.8, 4) is 0 Å². The van der Waals surface area contributed by atoms with E-state index in [-0.39, 0.29) is 11.9 Å². The second-order valence-electron chi connectivity index (χ2n) is 3.39. The average molecular weight is 196 g/mol. The summed E-state index contributed by atoms with van der Waals surface area (Å²) in [6.45, 7) is 2.00. The van der Waals surface area contributed by atoms with Gasteiger partial charge in [-0.25, -0.2) is 0 Å². The van der Waals surface area contributed by atoms with Crippen LogP contribution in [0, 0.1) is 6.92 Å². The lowest BCUT2D eigenvalue weighted by Crippen LogP contribution is -2.41. The minimum absolute atomic E-state index is 0.114. The van der Waals surface area contributed by atoms with E-state index in [1.54, 1.807) is 0 Å². The van der Waals surface area contributed by atoms with Crippen LogP contribution in [0.1, 0.15) is 23.6 Å². The standard InChI is InChI=1S/C10H10ClNO/c1-6-2-7(4-8(11)3-6)9-5-10(13)12-9/h2-4,9H,5H2,1H3,(H,12,13). The highest BCUT2D eigenvalue weighted by Crippen LogP contribution is 2.26. The number of hydrogen-bond donors (Lipinski definition) is 1. The van der Waals surface area contributed by atoms with E-state index in [1.807, 2.05) is 19.1 Å². The maximum Gasteiger partial charge on any atom is 0.222 e. The molecule has 0 bridgehead atoms. The molecular weight excluding hydrogens is 186 g/mol. The van der Waals surface area contributed by atoms with Gasteiger partial charge in [0.05, 0.1) is 12.5 Å². The molecule has 1 aromatic carbocycles. The molecule has 13 heavy (non-hydrogen) atoms. The molecule has 1 fully saturated rings. The van der Waals surface area contributed by atoms with Gasteiger partial charge in [0.1, 0.15) is 0 Å². The van der Waals surface area contributed by atoms with Gasteiger partial charge in [0.25, 0.3) is 0 Å². The third-order valence-corrected chi connectivity index (χ3v) is 2.41. The van der Waals surface area contributed by atoms with Gasteiger partial charge in [-0.3, -0.25) is 4.79 Å². The fraction of sp³-hybridized carbons (Fsp3) is 0.300. The van der Waals surface area contributed by atoms with E-state index in [2.05, 4.69) is 11.4 Å². The van der Waals surface area contributed by atoms with E-state index in [0.717, 1.165) is 16.1 Å². The fourth-order valence-electron chi connectivity index (χ4n) is 1.53. The molecule has 2 nitrogen and oxygen atoms in total. The topological polar surface area (TPSA) is 29.1 Å². The van der Waals surface area contributed by atoms with Gasteiger partial charge in [0.2, 0.25) is 5.91 Å². The van der Waals surface area contributed by atoms with Crippen LogP contribution in [0.3, 0.4) is 0 Å². The fourth-order valence-corrected chi connectivity index (χ4v) is 1.82. The number of hydrogen-bond acceptors (Lipinski definition) is 1. The number of rotatable bonds is 1. The van der Waals surface area contributed by atoms with E-state index in [4.69, 9.17) is 11.6 Å². The van der Waals surface area contributed by atoms with Crippen LogP contribution in [0.2, 0.25) is 5.02 Å². The van der Waals surface area contributed by atoms with Crippen molar-refractivity contribution >= 4 is 17.5 Å². The summed E-state index contributed by atoms with van der Waals surface area (Å²) >= 11 is 5.90. The van der Waals surface area contributed by atoms with Crippen molar-refractivity contribution in [1.82, 2.24) is 5.32 Å². The minimum Gasteiger partial charge on any atom is -0.349 e. The first kappa shape index (κ1) is 8.57. The summed E-state index contributed by atoms with van der Waals surface area (Å²) in [6, 6.07) is 6.03. The second-order valence-corrected chi connectivity index (χ2v) is 3.82. The summed E-state index contributed by atoms with van der Waals surface area (Å²) in [5, 5.41) is 3.55. The third-order valence-electron chi connectivity index (χ3n) is 2.19. The highest BCUT2D eigenvalue weighted by molar-refractivity contribution is 6.30. The molecule has 1 aliphatic rings. The van der Waals surface area contributed by atoms with Gasteiger partial charge in [0.15, 0.2) is 0 Å². The highest BCUT2D eigenvalue weighted by atomic mass is 35.5. The van der Waals surface area contributed by atoms with Crippen molar-refractivity contribution in [1.29, 1.82) is 0 Å². The maximum absolute atomic E-state index is 10.7. The number of halogens is 1. The summed E-state index contributed by atoms with van der Waals surface area (Å²) < 4.78 is 0. The first-order chi connectivity index (χ1) is 6.15. The van der Waals surface area contributed by atoms with Gasteiger partial charge in [-0.1, -0.05) is 17.7 Å². The molecule has 0 aliphatic carbocycles. The molecule has 1 amide bonds. The molecule has 1 atom stereocenters. The highest BCUT2D eigenvalue weighted by Gasteiger charge is 2.26. The monoisotopic (exact) mass is 195 g/mol. The molecule has 68 valence electrons. The predicted molar refractivity (Wildman–Crippen MR) is 51.7 cm³/mol. The third kappa shape index (κ3) is 1.68. The van der Waals surface area contributed by atoms with Crippen molar-refractivity contribution in [2.75, 3.05) is 0 Å². The molecule has 2 rings (SSSR count). The zero-order chi connectivity index (χ0) is 9.42. The van der Waals surface area contributed by atoms with Crippen LogP contribution in [-0.4, -0.2) is 5.91 Å². The SMILES string of the molecule is Cc1cc(Cl)cc(C2CC(=O)N2)c1. The molecule has 0 radical (unpaired) electrons. The number of aryl methyl sites for hydroxylation is 1. The molecular formula is C10H10ClNO. The number of β-lactam (4-membered cyclic amide) rings is 1. The van der Waals surface area contributed by atoms with Crippen molar-refractivity contribution in [3.63, 3.8) is 0 Å². The number of benzene rings is 1. The second kappa shape index (κ2) is 3.04. The van der Waals surface area contributed by atoms with E-state index in [0.29, 0.717) is 6.42 Å². The number of nitrogens with one attached hydrogen (secondary N) is 1. The summed E-state index contributed by atoms with van der Waals surface area (Å²) in [5.41, 5.74) is 2.23. The first-order valence-corrected chi connectivity index (χ1v) is 4.59. The quantitative estimate of drug-likeness (QED) is 0.684. The number of carbonyl (C=O) groups is 1. The van der Waals surface area contributed by atoms with E-state index in [1.165, 1.54) is 0 Å². The summed E-state index contributed by atoms with van der Waals surface area (Å²) in [7, 11) is 0. The smallest absolute Gasteiger partial charge is 0.222 e. The number of amides is 1. The van der Waals surface area contributed by atoms with Crippen molar-refractivity contribution in [3.05, 3.63) is 34.3 Å².